The third-order valence-corrected chi connectivity index (χ3v) is 2.94. The summed E-state index contributed by atoms with van der Waals surface area (Å²) in [5, 5.41) is 12.1. The van der Waals surface area contributed by atoms with Crippen LogP contribution in [0.5, 0.6) is 0 Å². The van der Waals surface area contributed by atoms with E-state index in [-0.39, 0.29) is 12.0 Å². The average Bonchev–Trinajstić information content (AvgIpc) is 2.87. The number of hydrogen-bond donors (Lipinski definition) is 2. The van der Waals surface area contributed by atoms with E-state index in [0.717, 1.165) is 5.52 Å². The fraction of sp³-hybridized carbons (Fsp3) is 0.333. The Bertz CT molecular complexity index is 571. The monoisotopic (exact) mass is 274 g/mol. The fourth-order valence-corrected chi connectivity index (χ4v) is 1.73. The quantitative estimate of drug-likeness (QED) is 0.791. The second kappa shape index (κ2) is 6.86. The summed E-state index contributed by atoms with van der Waals surface area (Å²) in [7, 11) is 0. The van der Waals surface area contributed by atoms with Gasteiger partial charge in [0.1, 0.15) is 5.52 Å². The Morgan fingerprint density at radius 2 is 2.30 bits per heavy atom. The van der Waals surface area contributed by atoms with Gasteiger partial charge in [-0.1, -0.05) is 19.1 Å². The molecule has 0 aliphatic heterocycles. The van der Waals surface area contributed by atoms with Crippen LogP contribution < -0.4 is 5.32 Å². The van der Waals surface area contributed by atoms with E-state index < -0.39 is 0 Å². The maximum atomic E-state index is 11.6. The number of nitrogens with one attached hydrogen (secondary N) is 1. The Balaban J connectivity index is 1.87. The highest BCUT2D eigenvalue weighted by molar-refractivity contribution is 5.91. The molecular weight excluding hydrogens is 256 g/mol. The Kier molecular flexibility index (Phi) is 4.90. The van der Waals surface area contributed by atoms with Crippen molar-refractivity contribution in [2.45, 2.75) is 25.9 Å². The minimum atomic E-state index is -0.365. The van der Waals surface area contributed by atoms with Crippen LogP contribution in [0, 0.1) is 0 Å². The van der Waals surface area contributed by atoms with Crippen molar-refractivity contribution < 1.29 is 14.3 Å². The third-order valence-electron chi connectivity index (χ3n) is 2.94. The molecule has 1 atom stereocenters. The van der Waals surface area contributed by atoms with E-state index in [0.29, 0.717) is 30.9 Å². The van der Waals surface area contributed by atoms with Gasteiger partial charge in [-0.05, 0) is 25.0 Å². The predicted octanol–water partition coefficient (Wildman–Crippen LogP) is 2.12. The molecule has 20 heavy (non-hydrogen) atoms. The van der Waals surface area contributed by atoms with Gasteiger partial charge in [-0.2, -0.15) is 0 Å². The first-order valence-corrected chi connectivity index (χ1v) is 6.68. The highest BCUT2D eigenvalue weighted by Gasteiger charge is 2.03. The topological polar surface area (TPSA) is 75.4 Å². The normalized spacial score (nSPS) is 12.9. The standard InChI is InChI=1S/C15H18N2O3/c1-2-11(18)9-10-16-14(19)7-8-15-17-12-5-3-4-6-13(12)20-15/h3-8,11,18H,2,9-10H2,1H3,(H,16,19)/b8-7+. The summed E-state index contributed by atoms with van der Waals surface area (Å²) >= 11 is 0. The lowest BCUT2D eigenvalue weighted by molar-refractivity contribution is -0.116. The molecular formula is C15H18N2O3. The first kappa shape index (κ1) is 14.3. The van der Waals surface area contributed by atoms with Gasteiger partial charge in [0.25, 0.3) is 0 Å². The molecule has 1 aromatic carbocycles. The smallest absolute Gasteiger partial charge is 0.244 e. The number of benzene rings is 1. The van der Waals surface area contributed by atoms with Gasteiger partial charge in [0.05, 0.1) is 6.10 Å². The zero-order chi connectivity index (χ0) is 14.4. The number of hydrogen-bond acceptors (Lipinski definition) is 4. The number of nitrogens with zero attached hydrogens (tertiary/aromatic N) is 1. The molecule has 0 saturated heterocycles. The van der Waals surface area contributed by atoms with Crippen molar-refractivity contribution in [2.24, 2.45) is 0 Å². The predicted molar refractivity (Wildman–Crippen MR) is 77.0 cm³/mol. The average molecular weight is 274 g/mol. The molecule has 0 fully saturated rings. The molecule has 1 aromatic heterocycles. The number of carbonyl (C=O) groups is 1. The molecule has 1 heterocycles. The minimum absolute atomic E-state index is 0.226. The lowest BCUT2D eigenvalue weighted by Gasteiger charge is -2.06. The molecule has 106 valence electrons. The second-order valence-electron chi connectivity index (χ2n) is 4.49. The molecule has 0 spiro atoms. The molecule has 1 amide bonds. The van der Waals surface area contributed by atoms with E-state index >= 15 is 0 Å². The van der Waals surface area contributed by atoms with Crippen molar-refractivity contribution in [1.29, 1.82) is 0 Å². The number of para-hydroxylation sites is 2. The minimum Gasteiger partial charge on any atom is -0.437 e. The van der Waals surface area contributed by atoms with Crippen LogP contribution in [0.15, 0.2) is 34.8 Å². The van der Waals surface area contributed by atoms with Crippen molar-refractivity contribution in [1.82, 2.24) is 10.3 Å². The van der Waals surface area contributed by atoms with Crippen LogP contribution in [0.4, 0.5) is 0 Å². The number of aliphatic hydroxyl groups is 1. The van der Waals surface area contributed by atoms with Crippen molar-refractivity contribution in [3.05, 3.63) is 36.2 Å². The Hall–Kier alpha value is -2.14. The summed E-state index contributed by atoms with van der Waals surface area (Å²) in [5.41, 5.74) is 1.46. The van der Waals surface area contributed by atoms with Gasteiger partial charge in [0, 0.05) is 18.7 Å². The molecule has 0 saturated carbocycles. The summed E-state index contributed by atoms with van der Waals surface area (Å²) in [6.07, 6.45) is 3.79. The van der Waals surface area contributed by atoms with Crippen molar-refractivity contribution in [3.63, 3.8) is 0 Å². The second-order valence-corrected chi connectivity index (χ2v) is 4.49. The Labute approximate surface area is 117 Å². The molecule has 0 bridgehead atoms. The number of aromatic nitrogens is 1. The maximum Gasteiger partial charge on any atom is 0.244 e. The third kappa shape index (κ3) is 3.93. The van der Waals surface area contributed by atoms with Gasteiger partial charge >= 0.3 is 0 Å². The number of amides is 1. The maximum absolute atomic E-state index is 11.6. The summed E-state index contributed by atoms with van der Waals surface area (Å²) < 4.78 is 5.46. The lowest BCUT2D eigenvalue weighted by atomic mass is 10.2. The van der Waals surface area contributed by atoms with Gasteiger partial charge < -0.3 is 14.8 Å². The van der Waals surface area contributed by atoms with E-state index in [9.17, 15) is 9.90 Å². The largest absolute Gasteiger partial charge is 0.437 e. The van der Waals surface area contributed by atoms with Crippen LogP contribution in [0.25, 0.3) is 17.2 Å². The molecule has 2 N–H and O–H groups in total. The number of carbonyl (C=O) groups excluding carboxylic acids is 1. The first-order valence-electron chi connectivity index (χ1n) is 6.68. The van der Waals surface area contributed by atoms with Gasteiger partial charge in [-0.15, -0.1) is 0 Å². The molecule has 0 aliphatic rings. The SMILES string of the molecule is CCC(O)CCNC(=O)/C=C/c1nc2ccccc2o1. The zero-order valence-corrected chi connectivity index (χ0v) is 11.4. The van der Waals surface area contributed by atoms with Crippen LogP contribution in [0.2, 0.25) is 0 Å². The Morgan fingerprint density at radius 1 is 1.50 bits per heavy atom. The zero-order valence-electron chi connectivity index (χ0n) is 11.4. The van der Waals surface area contributed by atoms with Crippen LogP contribution in [0.1, 0.15) is 25.7 Å². The van der Waals surface area contributed by atoms with Crippen LogP contribution in [-0.4, -0.2) is 28.6 Å². The number of aliphatic hydroxyl groups excluding tert-OH is 1. The molecule has 1 unspecified atom stereocenters. The molecule has 5 nitrogen and oxygen atoms in total. The van der Waals surface area contributed by atoms with E-state index in [1.165, 1.54) is 12.2 Å². The highest BCUT2D eigenvalue weighted by atomic mass is 16.3. The van der Waals surface area contributed by atoms with Crippen molar-refractivity contribution >= 4 is 23.1 Å². The fourth-order valence-electron chi connectivity index (χ4n) is 1.73. The van der Waals surface area contributed by atoms with E-state index in [4.69, 9.17) is 4.42 Å². The first-order chi connectivity index (χ1) is 9.69. The van der Waals surface area contributed by atoms with Crippen molar-refractivity contribution in [3.8, 4) is 0 Å². The summed E-state index contributed by atoms with van der Waals surface area (Å²) in [6, 6.07) is 7.42. The van der Waals surface area contributed by atoms with Gasteiger partial charge in [-0.3, -0.25) is 4.79 Å². The molecule has 0 radical (unpaired) electrons. The molecule has 5 heteroatoms. The van der Waals surface area contributed by atoms with Gasteiger partial charge in [-0.25, -0.2) is 4.98 Å². The van der Waals surface area contributed by atoms with Gasteiger partial charge in [0.2, 0.25) is 11.8 Å². The lowest BCUT2D eigenvalue weighted by Crippen LogP contribution is -2.25. The summed E-state index contributed by atoms with van der Waals surface area (Å²) in [4.78, 5) is 15.8. The van der Waals surface area contributed by atoms with Gasteiger partial charge in [0.15, 0.2) is 5.58 Å². The number of rotatable bonds is 6. The van der Waals surface area contributed by atoms with E-state index in [1.54, 1.807) is 0 Å². The highest BCUT2D eigenvalue weighted by Crippen LogP contribution is 2.15. The van der Waals surface area contributed by atoms with Crippen LogP contribution >= 0.6 is 0 Å². The van der Waals surface area contributed by atoms with E-state index in [1.807, 2.05) is 31.2 Å². The number of fused-ring (bicyclic) bond motifs is 1. The number of oxazole rings is 1. The summed E-state index contributed by atoms with van der Waals surface area (Å²) in [6.45, 7) is 2.35. The summed E-state index contributed by atoms with van der Waals surface area (Å²) in [5.74, 6) is 0.172. The van der Waals surface area contributed by atoms with Crippen LogP contribution in [-0.2, 0) is 4.79 Å². The van der Waals surface area contributed by atoms with E-state index in [2.05, 4.69) is 10.3 Å². The Morgan fingerprint density at radius 3 is 3.05 bits per heavy atom. The molecule has 0 aliphatic carbocycles. The van der Waals surface area contributed by atoms with Crippen molar-refractivity contribution in [2.75, 3.05) is 6.54 Å². The van der Waals surface area contributed by atoms with Crippen LogP contribution in [0.3, 0.4) is 0 Å². The molecule has 2 aromatic rings. The molecule has 2 rings (SSSR count).